The Hall–Kier alpha value is 0.990. The molecule has 13 heteroatoms. The molecule has 0 fully saturated rings. The van der Waals surface area contributed by atoms with Crippen LogP contribution >= 0.6 is 12.4 Å². The number of halogens is 1. The molecule has 0 saturated carbocycles. The monoisotopic (exact) mass is 269 g/mol. The predicted octanol–water partition coefficient (Wildman–Crippen LogP) is -4.21. The average molecular weight is 270 g/mol. The Balaban J connectivity index is -0.000000135. The first-order valence-corrected chi connectivity index (χ1v) is 4.21. The first kappa shape index (κ1) is 23.7. The Labute approximate surface area is 103 Å². The molecule has 0 aliphatic rings. The van der Waals surface area contributed by atoms with Crippen LogP contribution in [0.3, 0.4) is 0 Å². The van der Waals surface area contributed by atoms with E-state index in [1.165, 1.54) is 0 Å². The van der Waals surface area contributed by atoms with Crippen LogP contribution in [0, 0.1) is 0 Å². The molecular weight excluding hydrogens is 265 g/mol. The van der Waals surface area contributed by atoms with Crippen molar-refractivity contribution in [2.75, 3.05) is 0 Å². The van der Waals surface area contributed by atoms with Gasteiger partial charge in [0.25, 0.3) is 0 Å². The van der Waals surface area contributed by atoms with Gasteiger partial charge in [0.2, 0.25) is 10.4 Å². The van der Waals surface area contributed by atoms with Gasteiger partial charge in [-0.15, -0.1) is 12.4 Å². The second-order valence-electron chi connectivity index (χ2n) is 0.972. The molecule has 0 unspecified atom stereocenters. The topological polar surface area (TPSA) is 165 Å². The van der Waals surface area contributed by atoms with E-state index in [1.807, 2.05) is 0 Å². The van der Waals surface area contributed by atoms with E-state index in [0.717, 1.165) is 0 Å². The van der Waals surface area contributed by atoms with E-state index in [2.05, 4.69) is 8.67 Å². The summed E-state index contributed by atoms with van der Waals surface area (Å²) in [6.07, 6.45) is 0. The van der Waals surface area contributed by atoms with Gasteiger partial charge in [-0.1, -0.05) is 8.67 Å². The molecule has 0 bridgehead atoms. The Morgan fingerprint density at radius 2 is 1.38 bits per heavy atom. The summed E-state index contributed by atoms with van der Waals surface area (Å²) in [6, 6.07) is 0. The Morgan fingerprint density at radius 1 is 1.08 bits per heavy atom. The SMILES string of the molecule is Cl.N.O=S(=O)([O-])OOS(=O)(=O)O.[Na+]. The molecule has 13 heavy (non-hydrogen) atoms. The van der Waals surface area contributed by atoms with Crippen LogP contribution in [0.15, 0.2) is 0 Å². The van der Waals surface area contributed by atoms with Crippen LogP contribution in [0.5, 0.6) is 0 Å². The van der Waals surface area contributed by atoms with Crippen molar-refractivity contribution in [2.24, 2.45) is 0 Å². The van der Waals surface area contributed by atoms with E-state index >= 15 is 0 Å². The van der Waals surface area contributed by atoms with Crippen LogP contribution in [0.25, 0.3) is 0 Å². The summed E-state index contributed by atoms with van der Waals surface area (Å²) in [5.74, 6) is 0. The van der Waals surface area contributed by atoms with Gasteiger partial charge in [-0.05, 0) is 0 Å². The Kier molecular flexibility index (Phi) is 15.1. The molecule has 0 amide bonds. The molecular formula is H5ClNNaO8S2. The molecule has 0 aliphatic heterocycles. The zero-order chi connectivity index (χ0) is 8.41. The standard InChI is InChI=1S/ClH.H3N.Na.H2O8S2/c;;;1-9(2,3)7-8-10(4,5)6/h1H;1H3;;(H,1,2,3)(H,4,5,6)/q;;+1;/p-1. The van der Waals surface area contributed by atoms with Crippen molar-refractivity contribution in [3.63, 3.8) is 0 Å². The summed E-state index contributed by atoms with van der Waals surface area (Å²) in [5, 5.41) is 0. The van der Waals surface area contributed by atoms with Gasteiger partial charge in [-0.2, -0.15) is 8.42 Å². The van der Waals surface area contributed by atoms with E-state index < -0.39 is 20.8 Å². The molecule has 0 radical (unpaired) electrons. The maximum absolute atomic E-state index is 9.48. The fourth-order valence-electron chi connectivity index (χ4n) is 0.0691. The first-order chi connectivity index (χ1) is 4.21. The third-order valence-corrected chi connectivity index (χ3v) is 0.758. The van der Waals surface area contributed by atoms with Crippen LogP contribution in [-0.4, -0.2) is 25.9 Å². The largest absolute Gasteiger partial charge is 1.00 e. The molecule has 0 aromatic heterocycles. The van der Waals surface area contributed by atoms with Crippen LogP contribution in [0.4, 0.5) is 0 Å². The van der Waals surface area contributed by atoms with Crippen molar-refractivity contribution in [3.8, 4) is 0 Å². The van der Waals surface area contributed by atoms with Crippen molar-refractivity contribution >= 4 is 33.2 Å². The Bertz CT molecular complexity index is 258. The Morgan fingerprint density at radius 3 is 1.46 bits per heavy atom. The zero-order valence-corrected chi connectivity index (χ0v) is 10.7. The maximum Gasteiger partial charge on any atom is 1.00 e. The van der Waals surface area contributed by atoms with Gasteiger partial charge in [0, 0.05) is 0 Å². The molecule has 4 N–H and O–H groups in total. The van der Waals surface area contributed by atoms with Crippen molar-refractivity contribution in [3.05, 3.63) is 0 Å². The molecule has 0 aromatic carbocycles. The molecule has 0 atom stereocenters. The smallest absolute Gasteiger partial charge is 0.724 e. The molecule has 0 aliphatic carbocycles. The second-order valence-corrected chi connectivity index (χ2v) is 2.92. The minimum Gasteiger partial charge on any atom is -0.724 e. The quantitative estimate of drug-likeness (QED) is 0.170. The predicted molar refractivity (Wildman–Crippen MR) is 35.7 cm³/mol. The van der Waals surface area contributed by atoms with Gasteiger partial charge in [0.1, 0.15) is 0 Å². The van der Waals surface area contributed by atoms with Crippen molar-refractivity contribution in [2.45, 2.75) is 0 Å². The van der Waals surface area contributed by atoms with Gasteiger partial charge in [0.15, 0.2) is 0 Å². The van der Waals surface area contributed by atoms with Crippen LogP contribution in [0.1, 0.15) is 0 Å². The van der Waals surface area contributed by atoms with Gasteiger partial charge >= 0.3 is 40.0 Å². The van der Waals surface area contributed by atoms with Gasteiger partial charge in [-0.25, -0.2) is 8.42 Å². The number of hydrogen-bond acceptors (Lipinski definition) is 8. The third-order valence-electron chi connectivity index (χ3n) is 0.197. The van der Waals surface area contributed by atoms with E-state index in [4.69, 9.17) is 4.55 Å². The molecule has 78 valence electrons. The zero-order valence-electron chi connectivity index (χ0n) is 6.24. The minimum absolute atomic E-state index is 0. The van der Waals surface area contributed by atoms with E-state index in [1.54, 1.807) is 0 Å². The van der Waals surface area contributed by atoms with E-state index in [9.17, 15) is 21.4 Å². The molecule has 9 nitrogen and oxygen atoms in total. The summed E-state index contributed by atoms with van der Waals surface area (Å²) in [5.41, 5.74) is 0. The number of hydrogen-bond donors (Lipinski definition) is 2. The van der Waals surface area contributed by atoms with Crippen molar-refractivity contribution in [1.29, 1.82) is 0 Å². The molecule has 0 rings (SSSR count). The molecule has 0 aromatic rings. The van der Waals surface area contributed by atoms with Crippen LogP contribution in [0.2, 0.25) is 0 Å². The number of rotatable bonds is 3. The second kappa shape index (κ2) is 8.31. The summed E-state index contributed by atoms with van der Waals surface area (Å²) >= 11 is 0. The van der Waals surface area contributed by atoms with Gasteiger partial charge < -0.3 is 10.7 Å². The van der Waals surface area contributed by atoms with Crippen molar-refractivity contribution < 1.29 is 64.2 Å². The van der Waals surface area contributed by atoms with Crippen LogP contribution < -0.4 is 35.7 Å². The van der Waals surface area contributed by atoms with Gasteiger partial charge in [0.05, 0.1) is 0 Å². The first-order valence-electron chi connectivity index (χ1n) is 1.52. The minimum atomic E-state index is -5.27. The summed E-state index contributed by atoms with van der Waals surface area (Å²) in [4.78, 5) is 0. The van der Waals surface area contributed by atoms with Crippen LogP contribution in [-0.2, 0) is 29.5 Å². The average Bonchev–Trinajstić information content (AvgIpc) is 1.57. The summed E-state index contributed by atoms with van der Waals surface area (Å²) < 4.78 is 60.2. The third kappa shape index (κ3) is 24.6. The summed E-state index contributed by atoms with van der Waals surface area (Å²) in [6.45, 7) is 0. The summed E-state index contributed by atoms with van der Waals surface area (Å²) in [7, 11) is -10.3. The van der Waals surface area contributed by atoms with E-state index in [0.29, 0.717) is 0 Å². The van der Waals surface area contributed by atoms with Crippen molar-refractivity contribution in [1.82, 2.24) is 6.15 Å². The molecule has 0 saturated heterocycles. The fourth-order valence-corrected chi connectivity index (χ4v) is 0.622. The van der Waals surface area contributed by atoms with E-state index in [-0.39, 0.29) is 48.1 Å². The maximum atomic E-state index is 9.48. The normalized spacial score (nSPS) is 10.3. The molecule has 0 heterocycles. The van der Waals surface area contributed by atoms with Gasteiger partial charge in [-0.3, -0.25) is 4.55 Å². The fraction of sp³-hybridized carbons (Fsp3) is 0. The molecule has 0 spiro atoms.